The van der Waals surface area contributed by atoms with Crippen LogP contribution in [0.5, 0.6) is 0 Å². The van der Waals surface area contributed by atoms with Crippen LogP contribution in [-0.4, -0.2) is 17.9 Å². The second-order valence-electron chi connectivity index (χ2n) is 4.51. The number of carbonyl (C=O) groups is 2. The molecule has 2 amide bonds. The quantitative estimate of drug-likeness (QED) is 0.792. The molecule has 5 nitrogen and oxygen atoms in total. The monoisotopic (exact) mass is 283 g/mol. The number of rotatable bonds is 4. The maximum atomic E-state index is 11.9. The van der Waals surface area contributed by atoms with Crippen LogP contribution in [-0.2, 0) is 9.59 Å². The van der Waals surface area contributed by atoms with Crippen molar-refractivity contribution >= 4 is 34.8 Å². The molecule has 6 heteroatoms. The van der Waals surface area contributed by atoms with Crippen molar-refractivity contribution in [2.75, 3.05) is 10.6 Å². The van der Waals surface area contributed by atoms with Gasteiger partial charge in [-0.3, -0.25) is 9.59 Å². The highest BCUT2D eigenvalue weighted by Crippen LogP contribution is 2.26. The lowest BCUT2D eigenvalue weighted by Crippen LogP contribution is -2.34. The Morgan fingerprint density at radius 2 is 1.89 bits per heavy atom. The first-order chi connectivity index (χ1) is 8.81. The molecule has 0 bridgehead atoms. The van der Waals surface area contributed by atoms with Crippen LogP contribution in [0, 0.1) is 5.92 Å². The van der Waals surface area contributed by atoms with E-state index in [0.29, 0.717) is 16.4 Å². The maximum absolute atomic E-state index is 11.9. The van der Waals surface area contributed by atoms with Gasteiger partial charge in [-0.05, 0) is 25.1 Å². The molecule has 19 heavy (non-hydrogen) atoms. The third-order valence-electron chi connectivity index (χ3n) is 2.75. The number of hydrogen-bond acceptors (Lipinski definition) is 3. The molecule has 1 aromatic rings. The molecule has 2 unspecified atom stereocenters. The van der Waals surface area contributed by atoms with Gasteiger partial charge in [0.25, 0.3) is 0 Å². The molecule has 0 aliphatic rings. The lowest BCUT2D eigenvalue weighted by Gasteiger charge is -2.16. The van der Waals surface area contributed by atoms with Crippen molar-refractivity contribution in [3.8, 4) is 0 Å². The lowest BCUT2D eigenvalue weighted by molar-refractivity contribution is -0.119. The van der Waals surface area contributed by atoms with Crippen LogP contribution in [0.25, 0.3) is 0 Å². The largest absolute Gasteiger partial charge is 0.327 e. The van der Waals surface area contributed by atoms with E-state index >= 15 is 0 Å². The Morgan fingerprint density at radius 3 is 2.42 bits per heavy atom. The first kappa shape index (κ1) is 15.5. The van der Waals surface area contributed by atoms with Crippen molar-refractivity contribution in [1.29, 1.82) is 0 Å². The Labute approximate surface area is 117 Å². The van der Waals surface area contributed by atoms with Crippen molar-refractivity contribution in [2.24, 2.45) is 11.7 Å². The van der Waals surface area contributed by atoms with Gasteiger partial charge in [0, 0.05) is 18.7 Å². The van der Waals surface area contributed by atoms with Crippen molar-refractivity contribution in [2.45, 2.75) is 26.8 Å². The fraction of sp³-hybridized carbons (Fsp3) is 0.385. The molecule has 0 radical (unpaired) electrons. The van der Waals surface area contributed by atoms with E-state index in [2.05, 4.69) is 10.6 Å². The zero-order valence-electron chi connectivity index (χ0n) is 11.2. The van der Waals surface area contributed by atoms with E-state index in [1.165, 1.54) is 6.92 Å². The molecule has 1 aromatic carbocycles. The third kappa shape index (κ3) is 4.54. The lowest BCUT2D eigenvalue weighted by atomic mass is 10.0. The molecule has 4 N–H and O–H groups in total. The minimum atomic E-state index is -0.333. The fourth-order valence-electron chi connectivity index (χ4n) is 1.39. The van der Waals surface area contributed by atoms with Gasteiger partial charge in [-0.25, -0.2) is 0 Å². The van der Waals surface area contributed by atoms with Gasteiger partial charge in [0.1, 0.15) is 0 Å². The summed E-state index contributed by atoms with van der Waals surface area (Å²) in [7, 11) is 0. The molecule has 0 saturated carbocycles. The molecular formula is C13H18ClN3O2. The van der Waals surface area contributed by atoms with Crippen LogP contribution < -0.4 is 16.4 Å². The van der Waals surface area contributed by atoms with E-state index in [1.54, 1.807) is 32.0 Å². The van der Waals surface area contributed by atoms with Crippen molar-refractivity contribution in [3.05, 3.63) is 23.2 Å². The zero-order chi connectivity index (χ0) is 14.6. The standard InChI is InChI=1S/C13H18ClN3O2/c1-7(8(2)15)13(19)17-12-6-10(16-9(3)18)4-5-11(12)14/h4-8H,15H2,1-3H3,(H,16,18)(H,17,19). The number of halogens is 1. The Bertz CT molecular complexity index is 489. The Morgan fingerprint density at radius 1 is 1.26 bits per heavy atom. The van der Waals surface area contributed by atoms with Crippen molar-refractivity contribution in [3.63, 3.8) is 0 Å². The van der Waals surface area contributed by atoms with E-state index in [1.807, 2.05) is 0 Å². The number of carbonyl (C=O) groups excluding carboxylic acids is 2. The minimum absolute atomic E-state index is 0.191. The van der Waals surface area contributed by atoms with Gasteiger partial charge in [-0.15, -0.1) is 0 Å². The highest BCUT2D eigenvalue weighted by molar-refractivity contribution is 6.33. The second-order valence-corrected chi connectivity index (χ2v) is 4.92. The Kier molecular flexibility index (Phi) is 5.32. The van der Waals surface area contributed by atoms with Gasteiger partial charge in [0.15, 0.2) is 0 Å². The maximum Gasteiger partial charge on any atom is 0.228 e. The summed E-state index contributed by atoms with van der Waals surface area (Å²) < 4.78 is 0. The summed E-state index contributed by atoms with van der Waals surface area (Å²) in [6, 6.07) is 4.63. The molecule has 104 valence electrons. The highest BCUT2D eigenvalue weighted by atomic mass is 35.5. The number of nitrogens with two attached hydrogens (primary N) is 1. The number of anilines is 2. The van der Waals surface area contributed by atoms with Crippen LogP contribution in [0.3, 0.4) is 0 Å². The van der Waals surface area contributed by atoms with Gasteiger partial charge in [0.2, 0.25) is 11.8 Å². The first-order valence-electron chi connectivity index (χ1n) is 5.95. The predicted octanol–water partition coefficient (Wildman–Crippen LogP) is 2.22. The summed E-state index contributed by atoms with van der Waals surface area (Å²) in [6.45, 7) is 4.91. The predicted molar refractivity (Wildman–Crippen MR) is 77.2 cm³/mol. The SMILES string of the molecule is CC(=O)Nc1ccc(Cl)c(NC(=O)C(C)C(C)N)c1. The van der Waals surface area contributed by atoms with Crippen molar-refractivity contribution < 1.29 is 9.59 Å². The van der Waals surface area contributed by atoms with Gasteiger partial charge in [-0.1, -0.05) is 18.5 Å². The van der Waals surface area contributed by atoms with Crippen molar-refractivity contribution in [1.82, 2.24) is 0 Å². The minimum Gasteiger partial charge on any atom is -0.327 e. The van der Waals surface area contributed by atoms with E-state index in [9.17, 15) is 9.59 Å². The molecule has 0 aromatic heterocycles. The molecular weight excluding hydrogens is 266 g/mol. The van der Waals surface area contributed by atoms with E-state index in [0.717, 1.165) is 0 Å². The average Bonchev–Trinajstić information content (AvgIpc) is 2.31. The molecule has 0 saturated heterocycles. The van der Waals surface area contributed by atoms with Crippen LogP contribution in [0.1, 0.15) is 20.8 Å². The normalized spacial score (nSPS) is 13.5. The summed E-state index contributed by atoms with van der Waals surface area (Å²) in [5.74, 6) is -0.735. The summed E-state index contributed by atoms with van der Waals surface area (Å²) in [4.78, 5) is 22.9. The Balaban J connectivity index is 2.88. The number of amides is 2. The Hall–Kier alpha value is -1.59. The molecule has 0 aliphatic carbocycles. The second kappa shape index (κ2) is 6.54. The number of hydrogen-bond donors (Lipinski definition) is 3. The van der Waals surface area contributed by atoms with E-state index in [-0.39, 0.29) is 23.8 Å². The zero-order valence-corrected chi connectivity index (χ0v) is 11.9. The molecule has 2 atom stereocenters. The van der Waals surface area contributed by atoms with Crippen LogP contribution >= 0.6 is 11.6 Å². The van der Waals surface area contributed by atoms with Crippen LogP contribution in [0.15, 0.2) is 18.2 Å². The van der Waals surface area contributed by atoms with E-state index in [4.69, 9.17) is 17.3 Å². The summed E-state index contributed by atoms with van der Waals surface area (Å²) in [5, 5.41) is 5.73. The highest BCUT2D eigenvalue weighted by Gasteiger charge is 2.18. The summed E-state index contributed by atoms with van der Waals surface area (Å²) in [6.07, 6.45) is 0. The van der Waals surface area contributed by atoms with Crippen LogP contribution in [0.2, 0.25) is 5.02 Å². The van der Waals surface area contributed by atoms with Gasteiger partial charge >= 0.3 is 0 Å². The summed E-state index contributed by atoms with van der Waals surface area (Å²) in [5.41, 5.74) is 6.69. The van der Waals surface area contributed by atoms with E-state index < -0.39 is 0 Å². The number of nitrogens with one attached hydrogen (secondary N) is 2. The molecule has 1 rings (SSSR count). The van der Waals surface area contributed by atoms with Gasteiger partial charge in [-0.2, -0.15) is 0 Å². The number of benzene rings is 1. The van der Waals surface area contributed by atoms with Gasteiger partial charge < -0.3 is 16.4 Å². The van der Waals surface area contributed by atoms with Crippen LogP contribution in [0.4, 0.5) is 11.4 Å². The molecule has 0 aliphatic heterocycles. The third-order valence-corrected chi connectivity index (χ3v) is 3.08. The molecule has 0 fully saturated rings. The first-order valence-corrected chi connectivity index (χ1v) is 6.32. The molecule has 0 spiro atoms. The summed E-state index contributed by atoms with van der Waals surface area (Å²) >= 11 is 6.00. The topological polar surface area (TPSA) is 84.2 Å². The smallest absolute Gasteiger partial charge is 0.228 e. The van der Waals surface area contributed by atoms with Gasteiger partial charge in [0.05, 0.1) is 16.6 Å². The average molecular weight is 284 g/mol. The fourth-order valence-corrected chi connectivity index (χ4v) is 1.55. The molecule has 0 heterocycles.